The van der Waals surface area contributed by atoms with Crippen LogP contribution in [0.3, 0.4) is 0 Å². The smallest absolute Gasteiger partial charge is 0.416 e. The first-order chi connectivity index (χ1) is 17.2. The third kappa shape index (κ3) is 5.50. The Morgan fingerprint density at radius 3 is 2.42 bits per heavy atom. The van der Waals surface area contributed by atoms with Crippen molar-refractivity contribution in [1.82, 2.24) is 15.2 Å². The van der Waals surface area contributed by atoms with Crippen LogP contribution >= 0.6 is 0 Å². The minimum absolute atomic E-state index is 0.183. The van der Waals surface area contributed by atoms with Gasteiger partial charge < -0.3 is 30.2 Å². The lowest BCUT2D eigenvalue weighted by molar-refractivity contribution is -0.137. The molecule has 2 aliphatic heterocycles. The van der Waals surface area contributed by atoms with Gasteiger partial charge >= 0.3 is 6.18 Å². The standard InChI is InChI=1S/C25H27F3N4O4/c1-34-20-12-23(29)31-13-18(20)15-7-9-32(10-8-15)24(33)19-11-21(35-2)22(14-30-19)36-17-5-3-16(4-6-17)25(26,27)28/h3-6,11-12,14-15,31H,7-10,13,29H2,1-2H3. The highest BCUT2D eigenvalue weighted by molar-refractivity contribution is 5.93. The highest BCUT2D eigenvalue weighted by atomic mass is 19.4. The van der Waals surface area contributed by atoms with E-state index in [-0.39, 0.29) is 34.8 Å². The van der Waals surface area contributed by atoms with Crippen LogP contribution in [0.15, 0.2) is 59.8 Å². The summed E-state index contributed by atoms with van der Waals surface area (Å²) in [6, 6.07) is 5.75. The van der Waals surface area contributed by atoms with E-state index in [0.717, 1.165) is 36.3 Å². The average Bonchev–Trinajstić information content (AvgIpc) is 2.88. The number of hydrogen-bond acceptors (Lipinski definition) is 7. The highest BCUT2D eigenvalue weighted by Crippen LogP contribution is 2.35. The maximum atomic E-state index is 13.1. The number of dihydropyridines is 1. The number of rotatable bonds is 6. The van der Waals surface area contributed by atoms with E-state index in [1.54, 1.807) is 18.1 Å². The predicted octanol–water partition coefficient (Wildman–Crippen LogP) is 4.06. The van der Waals surface area contributed by atoms with Gasteiger partial charge in [-0.2, -0.15) is 13.2 Å². The van der Waals surface area contributed by atoms with Crippen LogP contribution in [0, 0.1) is 5.92 Å². The molecule has 36 heavy (non-hydrogen) atoms. The molecule has 8 nitrogen and oxygen atoms in total. The second kappa shape index (κ2) is 10.4. The van der Waals surface area contributed by atoms with Crippen LogP contribution < -0.4 is 20.5 Å². The van der Waals surface area contributed by atoms with Crippen molar-refractivity contribution in [3.8, 4) is 17.2 Å². The number of amides is 1. The number of halogens is 3. The number of ether oxygens (including phenoxy) is 3. The molecular formula is C25H27F3N4O4. The van der Waals surface area contributed by atoms with Crippen molar-refractivity contribution in [2.75, 3.05) is 33.9 Å². The Kier molecular flexibility index (Phi) is 7.27. The zero-order valence-corrected chi connectivity index (χ0v) is 19.9. The maximum Gasteiger partial charge on any atom is 0.416 e. The minimum Gasteiger partial charge on any atom is -0.497 e. The van der Waals surface area contributed by atoms with Crippen molar-refractivity contribution in [3.63, 3.8) is 0 Å². The number of nitrogens with two attached hydrogens (primary N) is 1. The fourth-order valence-corrected chi connectivity index (χ4v) is 4.31. The van der Waals surface area contributed by atoms with Crippen molar-refractivity contribution in [2.45, 2.75) is 19.0 Å². The molecular weight excluding hydrogens is 477 g/mol. The van der Waals surface area contributed by atoms with Gasteiger partial charge in [0.15, 0.2) is 11.5 Å². The third-order valence-electron chi connectivity index (χ3n) is 6.26. The molecule has 2 aromatic rings. The molecule has 0 atom stereocenters. The van der Waals surface area contributed by atoms with Crippen LogP contribution in [0.5, 0.6) is 17.2 Å². The molecule has 3 heterocycles. The second-order valence-electron chi connectivity index (χ2n) is 8.46. The summed E-state index contributed by atoms with van der Waals surface area (Å²) in [6.07, 6.45) is 0.221. The van der Waals surface area contributed by atoms with Crippen LogP contribution in [-0.4, -0.2) is 49.6 Å². The molecule has 0 saturated carbocycles. The number of benzene rings is 1. The van der Waals surface area contributed by atoms with Gasteiger partial charge in [-0.1, -0.05) is 0 Å². The summed E-state index contributed by atoms with van der Waals surface area (Å²) in [6.45, 7) is 1.72. The molecule has 11 heteroatoms. The van der Waals surface area contributed by atoms with Crippen molar-refractivity contribution in [3.05, 3.63) is 71.0 Å². The summed E-state index contributed by atoms with van der Waals surface area (Å²) in [5, 5.41) is 3.13. The Bertz CT molecular complexity index is 1170. The van der Waals surface area contributed by atoms with Gasteiger partial charge in [-0.3, -0.25) is 4.79 Å². The number of methoxy groups -OCH3 is 2. The Morgan fingerprint density at radius 1 is 1.11 bits per heavy atom. The number of likely N-dealkylation sites (tertiary alicyclic amines) is 1. The minimum atomic E-state index is -4.43. The molecule has 0 bridgehead atoms. The number of nitrogens with zero attached hydrogens (tertiary/aromatic N) is 2. The third-order valence-corrected chi connectivity index (χ3v) is 6.26. The molecule has 0 spiro atoms. The summed E-state index contributed by atoms with van der Waals surface area (Å²) in [4.78, 5) is 19.1. The molecule has 2 aliphatic rings. The Hall–Kier alpha value is -3.89. The molecule has 1 aromatic heterocycles. The van der Waals surface area contributed by atoms with Crippen molar-refractivity contribution >= 4 is 5.91 Å². The van der Waals surface area contributed by atoms with E-state index in [4.69, 9.17) is 19.9 Å². The fourth-order valence-electron chi connectivity index (χ4n) is 4.31. The monoisotopic (exact) mass is 504 g/mol. The van der Waals surface area contributed by atoms with Crippen LogP contribution in [0.1, 0.15) is 28.9 Å². The van der Waals surface area contributed by atoms with Crippen molar-refractivity contribution < 1.29 is 32.2 Å². The Morgan fingerprint density at radius 2 is 1.81 bits per heavy atom. The van der Waals surface area contributed by atoms with Crippen molar-refractivity contribution in [2.24, 2.45) is 11.7 Å². The highest BCUT2D eigenvalue weighted by Gasteiger charge is 2.31. The Labute approximate surface area is 206 Å². The summed E-state index contributed by atoms with van der Waals surface area (Å²) in [5.41, 5.74) is 6.39. The van der Waals surface area contributed by atoms with Gasteiger partial charge in [-0.15, -0.1) is 0 Å². The van der Waals surface area contributed by atoms with Gasteiger partial charge in [0.2, 0.25) is 0 Å². The zero-order chi connectivity index (χ0) is 25.9. The first kappa shape index (κ1) is 25.2. The predicted molar refractivity (Wildman–Crippen MR) is 125 cm³/mol. The zero-order valence-electron chi connectivity index (χ0n) is 19.9. The first-order valence-corrected chi connectivity index (χ1v) is 11.4. The maximum absolute atomic E-state index is 13.1. The number of carbonyl (C=O) groups is 1. The normalized spacial score (nSPS) is 16.8. The largest absolute Gasteiger partial charge is 0.497 e. The van der Waals surface area contributed by atoms with Crippen LogP contribution in [0.2, 0.25) is 0 Å². The van der Waals surface area contributed by atoms with Crippen LogP contribution in [-0.2, 0) is 10.9 Å². The van der Waals surface area contributed by atoms with E-state index in [2.05, 4.69) is 10.3 Å². The number of hydrogen-bond donors (Lipinski definition) is 2. The summed E-state index contributed by atoms with van der Waals surface area (Å²) < 4.78 is 54.8. The van der Waals surface area contributed by atoms with E-state index >= 15 is 0 Å². The molecule has 1 saturated heterocycles. The lowest BCUT2D eigenvalue weighted by atomic mass is 9.87. The van der Waals surface area contributed by atoms with E-state index in [1.165, 1.54) is 31.5 Å². The molecule has 0 aliphatic carbocycles. The number of alkyl halides is 3. The average molecular weight is 505 g/mol. The summed E-state index contributed by atoms with van der Waals surface area (Å²) in [5.74, 6) is 1.98. The van der Waals surface area contributed by atoms with E-state index in [0.29, 0.717) is 25.5 Å². The molecule has 1 aromatic carbocycles. The van der Waals surface area contributed by atoms with Gasteiger partial charge in [0.25, 0.3) is 5.91 Å². The lowest BCUT2D eigenvalue weighted by Gasteiger charge is -2.34. The number of piperidine rings is 1. The van der Waals surface area contributed by atoms with E-state index in [9.17, 15) is 18.0 Å². The molecule has 4 rings (SSSR count). The van der Waals surface area contributed by atoms with Gasteiger partial charge in [-0.25, -0.2) is 4.98 Å². The van der Waals surface area contributed by atoms with Gasteiger partial charge in [0.1, 0.15) is 17.2 Å². The molecule has 0 radical (unpaired) electrons. The molecule has 3 N–H and O–H groups in total. The molecule has 192 valence electrons. The number of aromatic nitrogens is 1. The first-order valence-electron chi connectivity index (χ1n) is 11.4. The SMILES string of the molecule is COC1=C(C2CCN(C(=O)c3cc(OC)c(Oc4ccc(C(F)(F)F)cc4)cn3)CC2)CNC(N)=C1. The van der Waals surface area contributed by atoms with Crippen LogP contribution in [0.25, 0.3) is 0 Å². The quantitative estimate of drug-likeness (QED) is 0.612. The number of pyridine rings is 1. The van der Waals surface area contributed by atoms with Crippen molar-refractivity contribution in [1.29, 1.82) is 0 Å². The summed E-state index contributed by atoms with van der Waals surface area (Å²) >= 11 is 0. The van der Waals surface area contributed by atoms with E-state index in [1.807, 2.05) is 0 Å². The van der Waals surface area contributed by atoms with Gasteiger partial charge in [-0.05, 0) is 48.6 Å². The van der Waals surface area contributed by atoms with Gasteiger partial charge in [0, 0.05) is 31.8 Å². The number of carbonyl (C=O) groups excluding carboxylic acids is 1. The fraction of sp³-hybridized carbons (Fsp3) is 0.360. The lowest BCUT2D eigenvalue weighted by Crippen LogP contribution is -2.41. The number of allylic oxidation sites excluding steroid dienone is 1. The van der Waals surface area contributed by atoms with Crippen LogP contribution in [0.4, 0.5) is 13.2 Å². The molecule has 1 fully saturated rings. The molecule has 1 amide bonds. The van der Waals surface area contributed by atoms with Gasteiger partial charge in [0.05, 0.1) is 31.8 Å². The topological polar surface area (TPSA) is 98.9 Å². The Balaban J connectivity index is 1.42. The number of nitrogens with one attached hydrogen (secondary N) is 1. The van der Waals surface area contributed by atoms with E-state index < -0.39 is 11.7 Å². The second-order valence-corrected chi connectivity index (χ2v) is 8.46. The molecule has 0 unspecified atom stereocenters. The summed E-state index contributed by atoms with van der Waals surface area (Å²) in [7, 11) is 3.03.